The van der Waals surface area contributed by atoms with Crippen LogP contribution in [0, 0.1) is 0 Å². The molecule has 1 heterocycles. The molecule has 4 nitrogen and oxygen atoms in total. The summed E-state index contributed by atoms with van der Waals surface area (Å²) in [5.41, 5.74) is 0.651. The maximum Gasteiger partial charge on any atom is 0.253 e. The molecule has 90 valence electrons. The van der Waals surface area contributed by atoms with Gasteiger partial charge in [-0.15, -0.1) is 0 Å². The number of guanidine groups is 1. The number of benzene rings is 1. The van der Waals surface area contributed by atoms with Crippen LogP contribution in [-0.4, -0.2) is 18.4 Å². The van der Waals surface area contributed by atoms with Crippen molar-refractivity contribution in [2.75, 3.05) is 6.54 Å². The van der Waals surface area contributed by atoms with Gasteiger partial charge in [0, 0.05) is 12.1 Å². The van der Waals surface area contributed by atoms with Crippen molar-refractivity contribution in [1.29, 1.82) is 0 Å². The number of nitrogens with one attached hydrogen (secondary N) is 2. The summed E-state index contributed by atoms with van der Waals surface area (Å²) in [6.07, 6.45) is 0. The molecule has 2 N–H and O–H groups in total. The molecule has 0 saturated carbocycles. The quantitative estimate of drug-likeness (QED) is 0.866. The fraction of sp³-hybridized carbons (Fsp3) is 0.273. The van der Waals surface area contributed by atoms with Crippen LogP contribution in [0.5, 0.6) is 0 Å². The molecule has 0 spiro atoms. The van der Waals surface area contributed by atoms with Gasteiger partial charge >= 0.3 is 0 Å². The molecule has 0 aromatic heterocycles. The van der Waals surface area contributed by atoms with E-state index in [0.717, 1.165) is 0 Å². The van der Waals surface area contributed by atoms with E-state index in [1.54, 1.807) is 18.2 Å². The van der Waals surface area contributed by atoms with Crippen molar-refractivity contribution < 1.29 is 4.79 Å². The van der Waals surface area contributed by atoms with Gasteiger partial charge in [-0.05, 0) is 13.0 Å². The molecule has 17 heavy (non-hydrogen) atoms. The Morgan fingerprint density at radius 2 is 2.18 bits per heavy atom. The van der Waals surface area contributed by atoms with Gasteiger partial charge in [0.05, 0.1) is 10.0 Å². The molecular formula is C11H11Cl2N3O. The number of carbonyl (C=O) groups excluding carboxylic acids is 1. The third-order valence-electron chi connectivity index (χ3n) is 2.39. The lowest BCUT2D eigenvalue weighted by Crippen LogP contribution is -2.25. The molecule has 1 aromatic rings. The first-order chi connectivity index (χ1) is 8.13. The third kappa shape index (κ3) is 2.37. The van der Waals surface area contributed by atoms with E-state index in [1.165, 1.54) is 0 Å². The van der Waals surface area contributed by atoms with Crippen molar-refractivity contribution in [1.82, 2.24) is 10.6 Å². The fourth-order valence-corrected chi connectivity index (χ4v) is 2.05. The number of amides is 1. The molecule has 1 saturated heterocycles. The Balaban J connectivity index is 2.32. The van der Waals surface area contributed by atoms with Gasteiger partial charge in [-0.25, -0.2) is 0 Å². The van der Waals surface area contributed by atoms with Crippen molar-refractivity contribution in [3.8, 4) is 0 Å². The highest BCUT2D eigenvalue weighted by molar-refractivity contribution is 6.42. The topological polar surface area (TPSA) is 53.5 Å². The van der Waals surface area contributed by atoms with E-state index in [-0.39, 0.29) is 5.91 Å². The van der Waals surface area contributed by atoms with E-state index in [4.69, 9.17) is 23.2 Å². The van der Waals surface area contributed by atoms with Gasteiger partial charge in [0.25, 0.3) is 5.91 Å². The second-order valence-electron chi connectivity index (χ2n) is 3.53. The van der Waals surface area contributed by atoms with E-state index < -0.39 is 6.04 Å². The van der Waals surface area contributed by atoms with Gasteiger partial charge in [-0.3, -0.25) is 15.1 Å². The average molecular weight is 272 g/mol. The maximum absolute atomic E-state index is 11.8. The summed E-state index contributed by atoms with van der Waals surface area (Å²) in [6.45, 7) is 2.49. The summed E-state index contributed by atoms with van der Waals surface area (Å²) in [7, 11) is 0. The Labute approximate surface area is 109 Å². The van der Waals surface area contributed by atoms with Crippen LogP contribution in [-0.2, 0) is 4.79 Å². The van der Waals surface area contributed by atoms with Gasteiger partial charge in [-0.1, -0.05) is 35.3 Å². The van der Waals surface area contributed by atoms with Crippen LogP contribution in [0.2, 0.25) is 10.0 Å². The van der Waals surface area contributed by atoms with Crippen molar-refractivity contribution in [2.24, 2.45) is 4.99 Å². The number of hydrogen-bond acceptors (Lipinski definition) is 2. The molecule has 0 bridgehead atoms. The highest BCUT2D eigenvalue weighted by atomic mass is 35.5. The van der Waals surface area contributed by atoms with Crippen LogP contribution in [0.4, 0.5) is 0 Å². The summed E-state index contributed by atoms with van der Waals surface area (Å²) in [5, 5.41) is 6.44. The summed E-state index contributed by atoms with van der Waals surface area (Å²) in [5.74, 6) is 0.292. The predicted octanol–water partition coefficient (Wildman–Crippen LogP) is 2.13. The largest absolute Gasteiger partial charge is 0.340 e. The number of rotatable bonds is 2. The number of carbonyl (C=O) groups is 1. The van der Waals surface area contributed by atoms with E-state index in [0.29, 0.717) is 28.1 Å². The van der Waals surface area contributed by atoms with Crippen LogP contribution >= 0.6 is 23.2 Å². The highest BCUT2D eigenvalue weighted by Crippen LogP contribution is 2.30. The van der Waals surface area contributed by atoms with Crippen LogP contribution < -0.4 is 10.6 Å². The van der Waals surface area contributed by atoms with Crippen LogP contribution in [0.15, 0.2) is 23.2 Å². The lowest BCUT2D eigenvalue weighted by Gasteiger charge is -2.10. The Hall–Kier alpha value is -1.26. The van der Waals surface area contributed by atoms with Crippen LogP contribution in [0.1, 0.15) is 18.5 Å². The standard InChI is InChI=1S/C11H11Cl2N3O/c1-2-14-11-15-9(10(17)16-11)6-4-3-5-7(12)8(6)13/h3-5,9H,2H2,1H3,(H2,14,15,16,17). The van der Waals surface area contributed by atoms with Gasteiger partial charge in [-0.2, -0.15) is 0 Å². The zero-order chi connectivity index (χ0) is 12.4. The van der Waals surface area contributed by atoms with Crippen molar-refractivity contribution >= 4 is 35.1 Å². The molecular weight excluding hydrogens is 261 g/mol. The minimum absolute atomic E-state index is 0.179. The lowest BCUT2D eigenvalue weighted by molar-refractivity contribution is -0.120. The van der Waals surface area contributed by atoms with Crippen molar-refractivity contribution in [3.63, 3.8) is 0 Å². The smallest absolute Gasteiger partial charge is 0.253 e. The van der Waals surface area contributed by atoms with Crippen molar-refractivity contribution in [3.05, 3.63) is 33.8 Å². The number of halogens is 2. The molecule has 1 amide bonds. The molecule has 1 fully saturated rings. The first kappa shape index (κ1) is 12.2. The first-order valence-electron chi connectivity index (χ1n) is 5.19. The molecule has 0 aliphatic carbocycles. The Morgan fingerprint density at radius 3 is 2.88 bits per heavy atom. The molecule has 1 unspecified atom stereocenters. The average Bonchev–Trinajstić information content (AvgIpc) is 2.64. The molecule has 1 aliphatic rings. The monoisotopic (exact) mass is 271 g/mol. The van der Waals surface area contributed by atoms with Crippen LogP contribution in [0.3, 0.4) is 0 Å². The van der Waals surface area contributed by atoms with E-state index in [2.05, 4.69) is 15.6 Å². The summed E-state index contributed by atoms with van der Waals surface area (Å²) in [6, 6.07) is 4.67. The zero-order valence-corrected chi connectivity index (χ0v) is 10.6. The third-order valence-corrected chi connectivity index (χ3v) is 3.23. The molecule has 2 rings (SSSR count). The van der Waals surface area contributed by atoms with E-state index in [1.807, 2.05) is 6.92 Å². The molecule has 1 aliphatic heterocycles. The molecule has 6 heteroatoms. The van der Waals surface area contributed by atoms with Gasteiger partial charge in [0.1, 0.15) is 6.04 Å². The molecule has 1 atom stereocenters. The predicted molar refractivity (Wildman–Crippen MR) is 68.5 cm³/mol. The van der Waals surface area contributed by atoms with E-state index >= 15 is 0 Å². The second kappa shape index (κ2) is 4.94. The Kier molecular flexibility index (Phi) is 3.54. The van der Waals surface area contributed by atoms with Gasteiger partial charge in [0.15, 0.2) is 5.96 Å². The van der Waals surface area contributed by atoms with E-state index in [9.17, 15) is 4.79 Å². The number of aliphatic imine (C=N–C) groups is 1. The Morgan fingerprint density at radius 1 is 1.41 bits per heavy atom. The van der Waals surface area contributed by atoms with Crippen LogP contribution in [0.25, 0.3) is 0 Å². The SMILES string of the molecule is CCN=C1NC(=O)C(c2cccc(Cl)c2Cl)N1. The maximum atomic E-state index is 11.8. The minimum atomic E-state index is -0.536. The van der Waals surface area contributed by atoms with Gasteiger partial charge in [0.2, 0.25) is 0 Å². The fourth-order valence-electron chi connectivity index (χ4n) is 1.63. The minimum Gasteiger partial charge on any atom is -0.340 e. The summed E-state index contributed by atoms with van der Waals surface area (Å²) in [4.78, 5) is 15.9. The number of nitrogens with zero attached hydrogens (tertiary/aromatic N) is 1. The highest BCUT2D eigenvalue weighted by Gasteiger charge is 2.31. The lowest BCUT2D eigenvalue weighted by atomic mass is 10.1. The summed E-state index contributed by atoms with van der Waals surface area (Å²) >= 11 is 12.0. The number of hydrogen-bond donors (Lipinski definition) is 2. The molecule has 0 radical (unpaired) electrons. The zero-order valence-electron chi connectivity index (χ0n) is 9.13. The molecule has 1 aromatic carbocycles. The van der Waals surface area contributed by atoms with Crippen molar-refractivity contribution in [2.45, 2.75) is 13.0 Å². The Bertz CT molecular complexity index is 488. The normalized spacial score (nSPS) is 21.5. The first-order valence-corrected chi connectivity index (χ1v) is 5.95. The van der Waals surface area contributed by atoms with Gasteiger partial charge < -0.3 is 5.32 Å². The second-order valence-corrected chi connectivity index (χ2v) is 4.32. The summed E-state index contributed by atoms with van der Waals surface area (Å²) < 4.78 is 0.